The minimum Gasteiger partial charge on any atom is -0.296 e. The van der Waals surface area contributed by atoms with Crippen LogP contribution in [0.4, 0.5) is 4.39 Å². The zero-order valence-electron chi connectivity index (χ0n) is 10.2. The first-order chi connectivity index (χ1) is 9.56. The molecule has 0 radical (unpaired) electrons. The molecule has 0 saturated heterocycles. The van der Waals surface area contributed by atoms with Gasteiger partial charge >= 0.3 is 0 Å². The predicted molar refractivity (Wildman–Crippen MR) is 67.0 cm³/mol. The van der Waals surface area contributed by atoms with Gasteiger partial charge in [0.15, 0.2) is 0 Å². The highest BCUT2D eigenvalue weighted by atomic mass is 19.1. The Bertz CT molecular complexity index is 752. The predicted octanol–water partition coefficient (Wildman–Crippen LogP) is 0.881. The molecule has 0 aliphatic carbocycles. The number of fused-ring (bicyclic) bond motifs is 1. The SMILES string of the molecule is O=C1CC(c2cnc3ccc(F)cn23)=NCC1[N+](=O)[O-]. The van der Waals surface area contributed by atoms with E-state index in [0.29, 0.717) is 17.1 Å². The molecule has 0 saturated carbocycles. The van der Waals surface area contributed by atoms with Crippen LogP contribution >= 0.6 is 0 Å². The zero-order valence-corrected chi connectivity index (χ0v) is 10.2. The molecule has 0 aromatic carbocycles. The fraction of sp³-hybridized carbons (Fsp3) is 0.250. The second-order valence-corrected chi connectivity index (χ2v) is 4.45. The number of rotatable bonds is 2. The number of halogens is 1. The first-order valence-electron chi connectivity index (χ1n) is 5.89. The highest BCUT2D eigenvalue weighted by molar-refractivity contribution is 6.13. The second-order valence-electron chi connectivity index (χ2n) is 4.45. The summed E-state index contributed by atoms with van der Waals surface area (Å²) in [6.07, 6.45) is 2.58. The molecule has 1 aliphatic rings. The number of nitrogens with zero attached hydrogens (tertiary/aromatic N) is 4. The Kier molecular flexibility index (Phi) is 2.78. The number of hydrogen-bond acceptors (Lipinski definition) is 5. The van der Waals surface area contributed by atoms with Gasteiger partial charge in [0.05, 0.1) is 24.0 Å². The molecular weight excluding hydrogens is 267 g/mol. The van der Waals surface area contributed by atoms with E-state index in [4.69, 9.17) is 0 Å². The fourth-order valence-electron chi connectivity index (χ4n) is 2.16. The molecule has 7 nitrogen and oxygen atoms in total. The van der Waals surface area contributed by atoms with Gasteiger partial charge in [-0.25, -0.2) is 9.37 Å². The summed E-state index contributed by atoms with van der Waals surface area (Å²) in [4.78, 5) is 29.9. The average molecular weight is 276 g/mol. The van der Waals surface area contributed by atoms with Crippen LogP contribution in [0.5, 0.6) is 0 Å². The van der Waals surface area contributed by atoms with Crippen molar-refractivity contribution >= 4 is 17.1 Å². The van der Waals surface area contributed by atoms with Crippen LogP contribution in [-0.2, 0) is 4.79 Å². The molecule has 2 aromatic heterocycles. The monoisotopic (exact) mass is 276 g/mol. The molecule has 0 amide bonds. The van der Waals surface area contributed by atoms with Crippen molar-refractivity contribution in [1.29, 1.82) is 0 Å². The molecular formula is C12H9FN4O3. The molecule has 3 rings (SSSR count). The van der Waals surface area contributed by atoms with Gasteiger partial charge in [-0.3, -0.25) is 24.3 Å². The summed E-state index contributed by atoms with van der Waals surface area (Å²) in [6.45, 7) is -0.191. The number of aliphatic imine (C=N–C) groups is 1. The lowest BCUT2D eigenvalue weighted by Crippen LogP contribution is -2.38. The van der Waals surface area contributed by atoms with Gasteiger partial charge in [-0.1, -0.05) is 0 Å². The van der Waals surface area contributed by atoms with Gasteiger partial charge in [-0.05, 0) is 12.1 Å². The van der Waals surface area contributed by atoms with Crippen LogP contribution in [0.15, 0.2) is 29.5 Å². The lowest BCUT2D eigenvalue weighted by Gasteiger charge is -2.14. The first kappa shape index (κ1) is 12.4. The van der Waals surface area contributed by atoms with Crippen LogP contribution in [0.1, 0.15) is 12.1 Å². The molecule has 2 aromatic rings. The van der Waals surface area contributed by atoms with Crippen molar-refractivity contribution in [1.82, 2.24) is 9.38 Å². The Hall–Kier alpha value is -2.64. The van der Waals surface area contributed by atoms with E-state index in [2.05, 4.69) is 9.98 Å². The maximum absolute atomic E-state index is 13.3. The van der Waals surface area contributed by atoms with Crippen molar-refractivity contribution < 1.29 is 14.1 Å². The van der Waals surface area contributed by atoms with Gasteiger partial charge in [0.2, 0.25) is 5.78 Å². The summed E-state index contributed by atoms with van der Waals surface area (Å²) in [7, 11) is 0. The lowest BCUT2D eigenvalue weighted by atomic mass is 10.0. The van der Waals surface area contributed by atoms with E-state index in [9.17, 15) is 19.3 Å². The van der Waals surface area contributed by atoms with Crippen LogP contribution in [-0.4, -0.2) is 38.4 Å². The molecule has 1 aliphatic heterocycles. The second kappa shape index (κ2) is 4.48. The number of hydrogen-bond donors (Lipinski definition) is 0. The topological polar surface area (TPSA) is 89.9 Å². The molecule has 0 N–H and O–H groups in total. The zero-order chi connectivity index (χ0) is 14.3. The molecule has 20 heavy (non-hydrogen) atoms. The highest BCUT2D eigenvalue weighted by Gasteiger charge is 2.34. The Morgan fingerprint density at radius 1 is 1.45 bits per heavy atom. The standard InChI is InChI=1S/C12H9FN4O3/c13-7-1-2-12-15-4-9(16(12)6-7)8-3-11(18)10(5-14-8)17(19)20/h1-2,4,6,10H,3,5H2. The van der Waals surface area contributed by atoms with Gasteiger partial charge in [0, 0.05) is 11.1 Å². The van der Waals surface area contributed by atoms with E-state index in [1.54, 1.807) is 0 Å². The lowest BCUT2D eigenvalue weighted by molar-refractivity contribution is -0.504. The molecule has 102 valence electrons. The van der Waals surface area contributed by atoms with Gasteiger partial charge in [0.1, 0.15) is 18.0 Å². The maximum atomic E-state index is 13.3. The van der Waals surface area contributed by atoms with Gasteiger partial charge in [0.25, 0.3) is 6.04 Å². The van der Waals surface area contributed by atoms with Gasteiger partial charge in [-0.15, -0.1) is 0 Å². The van der Waals surface area contributed by atoms with E-state index < -0.39 is 22.6 Å². The van der Waals surface area contributed by atoms with Crippen LogP contribution in [0.25, 0.3) is 5.65 Å². The number of pyridine rings is 1. The number of imidazole rings is 1. The van der Waals surface area contributed by atoms with E-state index >= 15 is 0 Å². The summed E-state index contributed by atoms with van der Waals surface area (Å²) in [6, 6.07) is 1.50. The van der Waals surface area contributed by atoms with Crippen LogP contribution in [0.2, 0.25) is 0 Å². The minimum atomic E-state index is -1.28. The fourth-order valence-corrected chi connectivity index (χ4v) is 2.16. The van der Waals surface area contributed by atoms with Crippen molar-refractivity contribution in [3.8, 4) is 0 Å². The molecule has 8 heteroatoms. The van der Waals surface area contributed by atoms with Crippen molar-refractivity contribution in [2.24, 2.45) is 4.99 Å². The van der Waals surface area contributed by atoms with E-state index in [1.165, 1.54) is 28.9 Å². The molecule has 0 spiro atoms. The van der Waals surface area contributed by atoms with E-state index in [-0.39, 0.29) is 13.0 Å². The van der Waals surface area contributed by atoms with E-state index in [1.807, 2.05) is 0 Å². The Morgan fingerprint density at radius 2 is 2.25 bits per heavy atom. The molecule has 1 unspecified atom stereocenters. The number of carbonyl (C=O) groups is 1. The number of aromatic nitrogens is 2. The van der Waals surface area contributed by atoms with Crippen molar-refractivity contribution in [2.45, 2.75) is 12.5 Å². The minimum absolute atomic E-state index is 0.143. The summed E-state index contributed by atoms with van der Waals surface area (Å²) in [5.41, 5.74) is 1.40. The third kappa shape index (κ3) is 1.94. The van der Waals surface area contributed by atoms with Crippen molar-refractivity contribution in [2.75, 3.05) is 6.54 Å². The Morgan fingerprint density at radius 3 is 2.95 bits per heavy atom. The van der Waals surface area contributed by atoms with Crippen molar-refractivity contribution in [3.63, 3.8) is 0 Å². The maximum Gasteiger partial charge on any atom is 0.289 e. The molecule has 3 heterocycles. The highest BCUT2D eigenvalue weighted by Crippen LogP contribution is 2.15. The third-order valence-electron chi connectivity index (χ3n) is 3.19. The van der Waals surface area contributed by atoms with Crippen molar-refractivity contribution in [3.05, 3.63) is 46.2 Å². The number of ketones is 1. The Labute approximate surface area is 111 Å². The first-order valence-corrected chi connectivity index (χ1v) is 5.89. The van der Waals surface area contributed by atoms with Crippen LogP contribution < -0.4 is 0 Å². The van der Waals surface area contributed by atoms with E-state index in [0.717, 1.165) is 0 Å². The number of carbonyl (C=O) groups excluding carboxylic acids is 1. The van der Waals surface area contributed by atoms with Gasteiger partial charge < -0.3 is 0 Å². The summed E-state index contributed by atoms with van der Waals surface area (Å²) in [5.74, 6) is -0.936. The number of nitro groups is 1. The normalized spacial score (nSPS) is 19.1. The van der Waals surface area contributed by atoms with Crippen LogP contribution in [0, 0.1) is 15.9 Å². The summed E-state index contributed by atoms with van der Waals surface area (Å²) in [5, 5.41) is 10.7. The summed E-state index contributed by atoms with van der Waals surface area (Å²) >= 11 is 0. The molecule has 1 atom stereocenters. The van der Waals surface area contributed by atoms with Gasteiger partial charge in [-0.2, -0.15) is 0 Å². The largest absolute Gasteiger partial charge is 0.296 e. The summed E-state index contributed by atoms with van der Waals surface area (Å²) < 4.78 is 14.7. The average Bonchev–Trinajstić information content (AvgIpc) is 2.81. The quantitative estimate of drug-likeness (QED) is 0.601. The Balaban J connectivity index is 2.02. The number of Topliss-reactive ketones (excluding diaryl/α,β-unsaturated/α-hetero) is 1. The van der Waals surface area contributed by atoms with Crippen LogP contribution in [0.3, 0.4) is 0 Å². The molecule has 0 fully saturated rings. The molecule has 0 bridgehead atoms. The third-order valence-corrected chi connectivity index (χ3v) is 3.19. The smallest absolute Gasteiger partial charge is 0.289 e.